The van der Waals surface area contributed by atoms with Crippen LogP contribution in [0.15, 0.2) is 65.8 Å². The summed E-state index contributed by atoms with van der Waals surface area (Å²) in [5.74, 6) is 0.907. The molecule has 0 aromatic heterocycles. The van der Waals surface area contributed by atoms with Crippen molar-refractivity contribution in [2.75, 3.05) is 13.7 Å². The average Bonchev–Trinajstić information content (AvgIpc) is 0.683. The molecule has 0 bridgehead atoms. The number of Topliss-reactive ketones (excluding diaryl/α,β-unsaturated/α-hetero) is 3. The van der Waals surface area contributed by atoms with Crippen LogP contribution in [0, 0.1) is 114 Å². The van der Waals surface area contributed by atoms with E-state index in [2.05, 4.69) is 129 Å². The molecule has 111 heavy (non-hydrogen) atoms. The molecule has 0 aliphatic heterocycles. The number of ketones is 3. The van der Waals surface area contributed by atoms with Crippen molar-refractivity contribution in [3.8, 4) is 34.5 Å². The van der Waals surface area contributed by atoms with Gasteiger partial charge in [0.1, 0.15) is 17.3 Å². The van der Waals surface area contributed by atoms with Gasteiger partial charge in [-0.25, -0.2) is 0 Å². The number of nitrogens with zero attached hydrogens (tertiary/aromatic N) is 1. The molecule has 15 rings (SSSR count). The molecule has 9 fully saturated rings. The number of methoxy groups -OCH3 is 1. The largest absolute Gasteiger partial charge is 0.504 e. The molecule has 3 aromatic rings. The molecule has 21 atom stereocenters. The quantitative estimate of drug-likeness (QED) is 0.0384. The maximum atomic E-state index is 12.8. The van der Waals surface area contributed by atoms with Crippen molar-refractivity contribution >= 4 is 23.3 Å². The van der Waals surface area contributed by atoms with E-state index in [1.165, 1.54) is 41.4 Å². The lowest BCUT2D eigenvalue weighted by Crippen LogP contribution is -2.62. The van der Waals surface area contributed by atoms with Crippen LogP contribution < -0.4 is 0 Å². The zero-order chi connectivity index (χ0) is 81.9. The van der Waals surface area contributed by atoms with E-state index in [9.17, 15) is 59.9 Å². The maximum absolute atomic E-state index is 12.8. The summed E-state index contributed by atoms with van der Waals surface area (Å²) in [7, 11) is 1.42. The van der Waals surface area contributed by atoms with E-state index in [0.717, 1.165) is 163 Å². The number of ether oxygens (including phenoxy) is 1. The average molecular weight is 1520 g/mol. The first-order valence-corrected chi connectivity index (χ1v) is 42.4. The minimum Gasteiger partial charge on any atom is -0.504 e. The first-order chi connectivity index (χ1) is 51.3. The highest BCUT2D eigenvalue weighted by Gasteiger charge is 2.71. The standard InChI is InChI=1S/C33H46O5.C33H46O3.C31H43NO5/c1-19-27-21(16-26(36)38-8)15-24-31(5,22(27)17-23(35)28(19)37)12-14-33(7)25-18-30(4,20(2)34)10-9-29(25,3)11-13-32(24,33)6;1-9-10-22-17-25-31(6,23-18-24(35)28(36)20(2)27(22)23)14-16-33(8)26-19-30(5,21(3)34)12-11-29(26,4)13-15-32(25,33)7;1-18-25-20(17-32(36)37)14-23-29(5,21(25)15-22(34)26(18)35)11-13-31(7)24-16-28(4,19(2)33)9-8-27(24,3)10-12-30(23,31)6/h15,17,21,25,35,37H,9-14,16,18H2,1-8H3;9,17-18,22,26,35-36H,1,10-16,19H2,2-8H3;14-15,20,24,34-35H,8-13,16-17H2,1-7H3/t21-,25+,29+,30+,31-,32+,33-;22?,26-,29-,30-,31+,32-,33+;20-,24+,27+,28+,29-,30+,31-/m010/s1. The summed E-state index contributed by atoms with van der Waals surface area (Å²) in [5.41, 5.74) is 11.0. The van der Waals surface area contributed by atoms with Crippen LogP contribution in [0.2, 0.25) is 0 Å². The predicted octanol–water partition coefficient (Wildman–Crippen LogP) is 22.5. The summed E-state index contributed by atoms with van der Waals surface area (Å²) in [5, 5.41) is 75.7. The third kappa shape index (κ3) is 11.5. The van der Waals surface area contributed by atoms with Crippen molar-refractivity contribution in [1.82, 2.24) is 0 Å². The number of fused-ring (bicyclic) bond motifs is 21. The lowest BCUT2D eigenvalue weighted by Gasteiger charge is -2.70. The molecule has 606 valence electrons. The number of phenols is 6. The molecule has 0 spiro atoms. The van der Waals surface area contributed by atoms with Gasteiger partial charge in [0.2, 0.25) is 6.54 Å². The van der Waals surface area contributed by atoms with Gasteiger partial charge in [-0.3, -0.25) is 29.3 Å². The summed E-state index contributed by atoms with van der Waals surface area (Å²) < 4.78 is 5.09. The highest BCUT2D eigenvalue weighted by Crippen LogP contribution is 2.80. The van der Waals surface area contributed by atoms with Crippen molar-refractivity contribution in [3.63, 3.8) is 0 Å². The lowest BCUT2D eigenvalue weighted by atomic mass is 9.34. The molecule has 0 radical (unpaired) electrons. The Hall–Kier alpha value is -6.70. The van der Waals surface area contributed by atoms with Gasteiger partial charge >= 0.3 is 5.97 Å². The summed E-state index contributed by atoms with van der Waals surface area (Å²) >= 11 is 0. The molecule has 0 amide bonds. The Morgan fingerprint density at radius 1 is 0.441 bits per heavy atom. The highest BCUT2D eigenvalue weighted by molar-refractivity contribution is 5.83. The van der Waals surface area contributed by atoms with E-state index in [4.69, 9.17) is 4.74 Å². The second kappa shape index (κ2) is 26.4. The minimum atomic E-state index is -0.457. The van der Waals surface area contributed by atoms with Crippen LogP contribution in [0.3, 0.4) is 0 Å². The number of hydrogen-bond donors (Lipinski definition) is 6. The Morgan fingerprint density at radius 2 is 0.721 bits per heavy atom. The highest BCUT2D eigenvalue weighted by atomic mass is 16.6. The zero-order valence-electron chi connectivity index (χ0n) is 71.7. The topological polar surface area (TPSA) is 242 Å². The molecule has 6 N–H and O–H groups in total. The van der Waals surface area contributed by atoms with Crippen LogP contribution in [-0.2, 0) is 40.2 Å². The van der Waals surface area contributed by atoms with Crippen LogP contribution in [0.4, 0.5) is 0 Å². The second-order valence-electron chi connectivity index (χ2n) is 42.7. The SMILES string of the molecule is C=CCC1C=C2[C@@](C)(CC[C@@]3(C)[C@@H]4C[C@](C)(C(C)=O)CC[C@]4(C)CC[C@]23C)c2cc(O)c(O)c(C)c21.CC(=O)[C@]1(C)CC[C@]2(C)CC[C@]3(C)C4=C[C@@H](C[N+](=O)[O-])c5c(cc(O)c(O)c5C)[C@]4(C)CC[C@@]3(C)[C@@H]2C1.COC(=O)C[C@@H]1C=C2[C@@](C)(CC[C@@]3(C)[C@@H]4C[C@](C)(C(C)=O)CC[C@]4(C)CC[C@]23C)c2cc(O)c(O)c(C)c21. The fourth-order valence-electron chi connectivity index (χ4n) is 28.6. The van der Waals surface area contributed by atoms with Gasteiger partial charge in [-0.1, -0.05) is 145 Å². The molecule has 12 aliphatic rings. The van der Waals surface area contributed by atoms with Crippen LogP contribution in [-0.4, -0.2) is 72.5 Å². The van der Waals surface area contributed by atoms with E-state index in [-0.39, 0.29) is 157 Å². The van der Waals surface area contributed by atoms with Crippen molar-refractivity contribution in [3.05, 3.63) is 126 Å². The van der Waals surface area contributed by atoms with Gasteiger partial charge in [0.25, 0.3) is 0 Å². The second-order valence-corrected chi connectivity index (χ2v) is 42.7. The summed E-state index contributed by atoms with van der Waals surface area (Å²) in [6, 6.07) is 5.28. The van der Waals surface area contributed by atoms with Gasteiger partial charge < -0.3 is 35.4 Å². The molecule has 1 unspecified atom stereocenters. The van der Waals surface area contributed by atoms with Gasteiger partial charge in [-0.05, 0) is 318 Å². The monoisotopic (exact) mass is 1520 g/mol. The first kappa shape index (κ1) is 82.3. The number of nitro groups is 1. The van der Waals surface area contributed by atoms with Crippen LogP contribution in [0.25, 0.3) is 0 Å². The zero-order valence-corrected chi connectivity index (χ0v) is 71.7. The Bertz CT molecular complexity index is 4560. The van der Waals surface area contributed by atoms with E-state index in [0.29, 0.717) is 40.4 Å². The van der Waals surface area contributed by atoms with Gasteiger partial charge in [0.05, 0.1) is 19.4 Å². The number of carbonyl (C=O) groups is 4. The minimum absolute atomic E-state index is 0.00377. The molecule has 0 saturated heterocycles. The van der Waals surface area contributed by atoms with Crippen LogP contribution >= 0.6 is 0 Å². The molecule has 9 saturated carbocycles. The predicted molar refractivity (Wildman–Crippen MR) is 438 cm³/mol. The fraction of sp³-hybridized carbons (Fsp3) is 0.691. The Balaban J connectivity index is 0.000000146. The normalized spacial score (nSPS) is 42.5. The molecule has 3 aromatic carbocycles. The van der Waals surface area contributed by atoms with E-state index < -0.39 is 5.92 Å². The Kier molecular flexibility index (Phi) is 19.6. The summed E-state index contributed by atoms with van der Waals surface area (Å²) in [6.45, 7) is 50.3. The number of hydrogen-bond acceptors (Lipinski definition) is 13. The van der Waals surface area contributed by atoms with Crippen molar-refractivity contribution in [1.29, 1.82) is 0 Å². The summed E-state index contributed by atoms with van der Waals surface area (Å²) in [4.78, 5) is 62.5. The number of rotatable bonds is 9. The van der Waals surface area contributed by atoms with Crippen LogP contribution in [0.5, 0.6) is 34.5 Å². The number of benzene rings is 3. The van der Waals surface area contributed by atoms with E-state index in [1.807, 2.05) is 26.0 Å². The Morgan fingerprint density at radius 3 is 1.01 bits per heavy atom. The molecular formula is C97H135NO13. The van der Waals surface area contributed by atoms with Crippen LogP contribution in [0.1, 0.15) is 340 Å². The third-order valence-electron chi connectivity index (χ3n) is 37.6. The summed E-state index contributed by atoms with van der Waals surface area (Å²) in [6.07, 6.45) is 31.7. The van der Waals surface area contributed by atoms with Gasteiger partial charge in [-0.15, -0.1) is 6.58 Å². The van der Waals surface area contributed by atoms with Gasteiger partial charge in [-0.2, -0.15) is 0 Å². The van der Waals surface area contributed by atoms with Crippen molar-refractivity contribution in [2.45, 2.75) is 327 Å². The Labute approximate surface area is 663 Å². The van der Waals surface area contributed by atoms with E-state index >= 15 is 0 Å². The number of allylic oxidation sites excluding steroid dienone is 6. The number of esters is 1. The fourth-order valence-corrected chi connectivity index (χ4v) is 28.6. The molecule has 14 heteroatoms. The number of carbonyl (C=O) groups excluding carboxylic acids is 4. The van der Waals surface area contributed by atoms with Crippen molar-refractivity contribution < 1.29 is 59.5 Å². The van der Waals surface area contributed by atoms with Crippen molar-refractivity contribution in [2.24, 2.45) is 82.7 Å². The molecule has 12 aliphatic carbocycles. The third-order valence-corrected chi connectivity index (χ3v) is 37.6. The lowest BCUT2D eigenvalue weighted by molar-refractivity contribution is -0.481. The smallest absolute Gasteiger partial charge is 0.306 e. The molecule has 0 heterocycles. The maximum Gasteiger partial charge on any atom is 0.306 e. The first-order valence-electron chi connectivity index (χ1n) is 42.4. The number of aromatic hydroxyl groups is 6. The van der Waals surface area contributed by atoms with Gasteiger partial charge in [0, 0.05) is 49.2 Å². The molecule has 14 nitrogen and oxygen atoms in total. The van der Waals surface area contributed by atoms with E-state index in [1.54, 1.807) is 39.8 Å². The number of phenolic OH excluding ortho intramolecular Hbond substituents is 6. The molecular weight excluding hydrogens is 1390 g/mol. The van der Waals surface area contributed by atoms with Gasteiger partial charge in [0.15, 0.2) is 34.5 Å².